The number of nitrogens with two attached hydrogens (primary N) is 1. The molecule has 3 aliphatic rings. The molecular formula is C27H24N4O7. The van der Waals surface area contributed by atoms with Gasteiger partial charge in [0, 0.05) is 25.1 Å². The van der Waals surface area contributed by atoms with Gasteiger partial charge in [0.1, 0.15) is 11.5 Å². The van der Waals surface area contributed by atoms with Gasteiger partial charge in [0.15, 0.2) is 11.5 Å². The second-order valence-electron chi connectivity index (χ2n) is 8.68. The fourth-order valence-electron chi connectivity index (χ4n) is 4.98. The van der Waals surface area contributed by atoms with E-state index in [9.17, 15) is 19.6 Å². The smallest absolute Gasteiger partial charge is 0.355 e. The summed E-state index contributed by atoms with van der Waals surface area (Å²) >= 11 is 0. The molecule has 3 heterocycles. The lowest BCUT2D eigenvalue weighted by Gasteiger charge is -2.37. The Balaban J connectivity index is 1.85. The fourth-order valence-corrected chi connectivity index (χ4v) is 4.98. The summed E-state index contributed by atoms with van der Waals surface area (Å²) in [6.07, 6.45) is 0.969. The molecule has 0 radical (unpaired) electrons. The standard InChI is InChI=1S/C27H24N4O7/c1-35-26(33)23-22(15-7-4-3-5-8-15)16(13-28)25(29)31(24(23)27(34)36-2)18-12-20-19(37-14-38-20)11-17(18)30-10-6-9-21(30)32/h3-5,7-8,11-12,22H,6,9-10,14,29H2,1-2H3. The number of amides is 1. The number of ether oxygens (including phenoxy) is 4. The molecule has 11 heteroatoms. The van der Waals surface area contributed by atoms with Crippen LogP contribution in [0.5, 0.6) is 11.5 Å². The third kappa shape index (κ3) is 3.87. The average Bonchev–Trinajstić information content (AvgIpc) is 3.59. The van der Waals surface area contributed by atoms with Crippen LogP contribution in [0.4, 0.5) is 11.4 Å². The Labute approximate surface area is 218 Å². The van der Waals surface area contributed by atoms with E-state index >= 15 is 0 Å². The van der Waals surface area contributed by atoms with Crippen molar-refractivity contribution in [2.24, 2.45) is 5.73 Å². The largest absolute Gasteiger partial charge is 0.466 e. The molecule has 11 nitrogen and oxygen atoms in total. The third-order valence-corrected chi connectivity index (χ3v) is 6.69. The Morgan fingerprint density at radius 3 is 2.29 bits per heavy atom. The van der Waals surface area contributed by atoms with Crippen LogP contribution in [0, 0.1) is 11.3 Å². The highest BCUT2D eigenvalue weighted by molar-refractivity contribution is 6.08. The first-order valence-corrected chi connectivity index (χ1v) is 11.8. The normalized spacial score (nSPS) is 18.6. The average molecular weight is 517 g/mol. The minimum Gasteiger partial charge on any atom is -0.466 e. The third-order valence-electron chi connectivity index (χ3n) is 6.69. The number of hydrogen-bond donors (Lipinski definition) is 1. The van der Waals surface area contributed by atoms with Crippen LogP contribution in [0.25, 0.3) is 0 Å². The molecule has 5 rings (SSSR count). The van der Waals surface area contributed by atoms with Crippen LogP contribution in [-0.4, -0.2) is 45.4 Å². The van der Waals surface area contributed by atoms with Crippen LogP contribution >= 0.6 is 0 Å². The minimum atomic E-state index is -1.01. The van der Waals surface area contributed by atoms with Crippen molar-refractivity contribution in [3.8, 4) is 17.6 Å². The van der Waals surface area contributed by atoms with Gasteiger partial charge in [-0.05, 0) is 12.0 Å². The molecular weight excluding hydrogens is 492 g/mol. The van der Waals surface area contributed by atoms with Crippen molar-refractivity contribution < 1.29 is 33.3 Å². The number of anilines is 2. The van der Waals surface area contributed by atoms with E-state index in [2.05, 4.69) is 6.07 Å². The summed E-state index contributed by atoms with van der Waals surface area (Å²) in [6, 6.07) is 14.0. The Hall–Kier alpha value is -4.98. The van der Waals surface area contributed by atoms with Crippen molar-refractivity contribution in [2.75, 3.05) is 37.4 Å². The number of carbonyl (C=O) groups excluding carboxylic acids is 3. The highest BCUT2D eigenvalue weighted by Crippen LogP contribution is 2.49. The van der Waals surface area contributed by atoms with Crippen molar-refractivity contribution in [3.05, 3.63) is 70.7 Å². The van der Waals surface area contributed by atoms with E-state index in [0.717, 1.165) is 0 Å². The molecule has 1 fully saturated rings. The zero-order valence-corrected chi connectivity index (χ0v) is 20.7. The van der Waals surface area contributed by atoms with Gasteiger partial charge in [-0.3, -0.25) is 9.69 Å². The Morgan fingerprint density at radius 2 is 1.71 bits per heavy atom. The number of allylic oxidation sites excluding steroid dienone is 1. The van der Waals surface area contributed by atoms with Gasteiger partial charge in [0.05, 0.1) is 48.7 Å². The van der Waals surface area contributed by atoms with Crippen LogP contribution in [0.2, 0.25) is 0 Å². The molecule has 0 spiro atoms. The lowest BCUT2D eigenvalue weighted by Crippen LogP contribution is -2.41. The van der Waals surface area contributed by atoms with Crippen molar-refractivity contribution in [1.29, 1.82) is 5.26 Å². The molecule has 2 aromatic carbocycles. The lowest BCUT2D eigenvalue weighted by molar-refractivity contribution is -0.139. The zero-order chi connectivity index (χ0) is 27.0. The maximum absolute atomic E-state index is 13.4. The molecule has 1 amide bonds. The summed E-state index contributed by atoms with van der Waals surface area (Å²) in [5.74, 6) is -2.24. The van der Waals surface area contributed by atoms with Gasteiger partial charge >= 0.3 is 11.9 Å². The number of carbonyl (C=O) groups is 3. The molecule has 0 aromatic heterocycles. The van der Waals surface area contributed by atoms with Crippen molar-refractivity contribution >= 4 is 29.2 Å². The summed E-state index contributed by atoms with van der Waals surface area (Å²) < 4.78 is 21.3. The molecule has 0 bridgehead atoms. The van der Waals surface area contributed by atoms with E-state index in [-0.39, 0.29) is 41.1 Å². The van der Waals surface area contributed by atoms with Crippen LogP contribution in [0.1, 0.15) is 24.3 Å². The molecule has 1 saturated heterocycles. The second kappa shape index (κ2) is 9.82. The lowest BCUT2D eigenvalue weighted by atomic mass is 9.81. The van der Waals surface area contributed by atoms with Crippen LogP contribution in [-0.2, 0) is 23.9 Å². The predicted octanol–water partition coefficient (Wildman–Crippen LogP) is 2.44. The maximum atomic E-state index is 13.4. The Bertz CT molecular complexity index is 1440. The van der Waals surface area contributed by atoms with Crippen LogP contribution in [0.3, 0.4) is 0 Å². The molecule has 0 aliphatic carbocycles. The maximum Gasteiger partial charge on any atom is 0.355 e. The van der Waals surface area contributed by atoms with E-state index in [4.69, 9.17) is 24.7 Å². The molecule has 1 unspecified atom stereocenters. The second-order valence-corrected chi connectivity index (χ2v) is 8.68. The van der Waals surface area contributed by atoms with Gasteiger partial charge in [-0.15, -0.1) is 0 Å². The predicted molar refractivity (Wildman–Crippen MR) is 134 cm³/mol. The van der Waals surface area contributed by atoms with Crippen LogP contribution < -0.4 is 25.0 Å². The van der Waals surface area contributed by atoms with Gasteiger partial charge in [-0.25, -0.2) is 9.59 Å². The van der Waals surface area contributed by atoms with E-state index in [1.54, 1.807) is 47.4 Å². The fraction of sp³-hybridized carbons (Fsp3) is 0.259. The summed E-state index contributed by atoms with van der Waals surface area (Å²) in [6.45, 7) is 0.381. The molecule has 0 saturated carbocycles. The molecule has 3 aliphatic heterocycles. The number of rotatable bonds is 5. The van der Waals surface area contributed by atoms with E-state index in [1.807, 2.05) is 0 Å². The van der Waals surface area contributed by atoms with Crippen LogP contribution in [0.15, 0.2) is 65.1 Å². The molecule has 2 aromatic rings. The number of benzene rings is 2. The highest BCUT2D eigenvalue weighted by atomic mass is 16.7. The van der Waals surface area contributed by atoms with E-state index in [0.29, 0.717) is 42.1 Å². The Morgan fingerprint density at radius 1 is 1.05 bits per heavy atom. The summed E-state index contributed by atoms with van der Waals surface area (Å²) in [5, 5.41) is 10.3. The Kier molecular flexibility index (Phi) is 6.38. The summed E-state index contributed by atoms with van der Waals surface area (Å²) in [7, 11) is 2.35. The van der Waals surface area contributed by atoms with Gasteiger partial charge < -0.3 is 29.6 Å². The number of nitrogens with zero attached hydrogens (tertiary/aromatic N) is 3. The summed E-state index contributed by atoms with van der Waals surface area (Å²) in [4.78, 5) is 42.3. The number of methoxy groups -OCH3 is 2. The first-order valence-electron chi connectivity index (χ1n) is 11.8. The minimum absolute atomic E-state index is 0.0145. The van der Waals surface area contributed by atoms with Crippen molar-refractivity contribution in [1.82, 2.24) is 0 Å². The topological polar surface area (TPSA) is 144 Å². The van der Waals surface area contributed by atoms with Gasteiger partial charge in [-0.1, -0.05) is 30.3 Å². The quantitative estimate of drug-likeness (QED) is 0.588. The van der Waals surface area contributed by atoms with E-state index < -0.39 is 17.9 Å². The van der Waals surface area contributed by atoms with E-state index in [1.165, 1.54) is 19.1 Å². The van der Waals surface area contributed by atoms with Gasteiger partial charge in [0.2, 0.25) is 12.7 Å². The summed E-state index contributed by atoms with van der Waals surface area (Å²) in [5.41, 5.74) is 7.45. The number of nitriles is 1. The highest BCUT2D eigenvalue weighted by Gasteiger charge is 2.44. The first-order chi connectivity index (χ1) is 18.4. The van der Waals surface area contributed by atoms with Crippen molar-refractivity contribution in [2.45, 2.75) is 18.8 Å². The first kappa shape index (κ1) is 24.7. The molecule has 194 valence electrons. The SMILES string of the molecule is COC(=O)C1=C(C(=O)OC)N(c2cc3c(cc2N2CCCC2=O)OCO3)C(N)=C(C#N)C1c1ccccc1. The molecule has 1 atom stereocenters. The monoisotopic (exact) mass is 516 g/mol. The number of esters is 2. The molecule has 38 heavy (non-hydrogen) atoms. The zero-order valence-electron chi connectivity index (χ0n) is 20.7. The number of fused-ring (bicyclic) bond motifs is 1. The van der Waals surface area contributed by atoms with Gasteiger partial charge in [0.25, 0.3) is 0 Å². The van der Waals surface area contributed by atoms with Crippen molar-refractivity contribution in [3.63, 3.8) is 0 Å². The number of hydrogen-bond acceptors (Lipinski definition) is 10. The molecule has 2 N–H and O–H groups in total. The van der Waals surface area contributed by atoms with Gasteiger partial charge in [-0.2, -0.15) is 5.26 Å².